The molecule has 0 bridgehead atoms. The van der Waals surface area contributed by atoms with Crippen LogP contribution in [0.2, 0.25) is 0 Å². The molecule has 15 heavy (non-hydrogen) atoms. The molecule has 0 saturated carbocycles. The van der Waals surface area contributed by atoms with E-state index in [1.54, 1.807) is 0 Å². The maximum absolute atomic E-state index is 11.3. The number of hydrogen-bond acceptors (Lipinski definition) is 2. The molecule has 0 atom stereocenters. The Hall–Kier alpha value is -0.0900. The van der Waals surface area contributed by atoms with Crippen LogP contribution in [0.25, 0.3) is 0 Å². The van der Waals surface area contributed by atoms with E-state index >= 15 is 0 Å². The number of alkyl halides is 1. The topological polar surface area (TPSA) is 38.3 Å². The second kappa shape index (κ2) is 8.11. The molecular formula is C11H22BrNO2. The van der Waals surface area contributed by atoms with E-state index in [9.17, 15) is 4.79 Å². The fourth-order valence-corrected chi connectivity index (χ4v) is 2.26. The molecule has 3 nitrogen and oxygen atoms in total. The smallest absolute Gasteiger partial charge is 0.246 e. The largest absolute Gasteiger partial charge is 0.372 e. The standard InChI is InChI=1S/C11H22BrNO2/c1-4-11(5-2,8-12)9-13-10(14)7-15-6-3/h4-9H2,1-3H3,(H,13,14). The molecule has 0 saturated heterocycles. The molecule has 0 aliphatic heterocycles. The summed E-state index contributed by atoms with van der Waals surface area (Å²) in [5.41, 5.74) is 0.182. The van der Waals surface area contributed by atoms with Crippen LogP contribution >= 0.6 is 15.9 Å². The summed E-state index contributed by atoms with van der Waals surface area (Å²) in [5.74, 6) is -0.0240. The Bertz CT molecular complexity index is 173. The lowest BCUT2D eigenvalue weighted by Gasteiger charge is -2.29. The fraction of sp³-hybridized carbons (Fsp3) is 0.909. The molecule has 0 spiro atoms. The van der Waals surface area contributed by atoms with Gasteiger partial charge in [-0.05, 0) is 25.2 Å². The van der Waals surface area contributed by atoms with Crippen LogP contribution in [-0.4, -0.2) is 31.0 Å². The number of carbonyl (C=O) groups is 1. The van der Waals surface area contributed by atoms with E-state index in [0.29, 0.717) is 6.61 Å². The van der Waals surface area contributed by atoms with Crippen molar-refractivity contribution in [3.05, 3.63) is 0 Å². The third-order valence-electron chi connectivity index (χ3n) is 2.88. The van der Waals surface area contributed by atoms with Crippen LogP contribution in [-0.2, 0) is 9.53 Å². The van der Waals surface area contributed by atoms with Crippen molar-refractivity contribution < 1.29 is 9.53 Å². The lowest BCUT2D eigenvalue weighted by atomic mass is 9.84. The van der Waals surface area contributed by atoms with Crippen molar-refractivity contribution in [1.29, 1.82) is 0 Å². The molecule has 0 fully saturated rings. The molecule has 1 amide bonds. The predicted molar refractivity (Wildman–Crippen MR) is 66.3 cm³/mol. The number of amides is 1. The lowest BCUT2D eigenvalue weighted by Crippen LogP contribution is -2.39. The molecule has 0 aromatic rings. The van der Waals surface area contributed by atoms with Gasteiger partial charge in [0, 0.05) is 18.5 Å². The molecule has 0 aliphatic carbocycles. The van der Waals surface area contributed by atoms with Gasteiger partial charge in [-0.25, -0.2) is 0 Å². The number of rotatable bonds is 8. The number of ether oxygens (including phenoxy) is 1. The SMILES string of the molecule is CCOCC(=O)NCC(CC)(CC)CBr. The van der Waals surface area contributed by atoms with Gasteiger partial charge in [0.1, 0.15) is 6.61 Å². The molecule has 0 unspecified atom stereocenters. The summed E-state index contributed by atoms with van der Waals surface area (Å²) in [6.07, 6.45) is 2.12. The first-order valence-corrected chi connectivity index (χ1v) is 6.66. The Kier molecular flexibility index (Phi) is 8.06. The Morgan fingerprint density at radius 1 is 1.33 bits per heavy atom. The summed E-state index contributed by atoms with van der Waals surface area (Å²) >= 11 is 3.51. The fourth-order valence-electron chi connectivity index (χ4n) is 1.27. The molecular weight excluding hydrogens is 258 g/mol. The Morgan fingerprint density at radius 3 is 2.33 bits per heavy atom. The first-order chi connectivity index (χ1) is 7.14. The zero-order chi connectivity index (χ0) is 11.7. The summed E-state index contributed by atoms with van der Waals surface area (Å²) in [7, 11) is 0. The molecule has 90 valence electrons. The highest BCUT2D eigenvalue weighted by molar-refractivity contribution is 9.09. The van der Waals surface area contributed by atoms with Crippen LogP contribution in [0.3, 0.4) is 0 Å². The zero-order valence-electron chi connectivity index (χ0n) is 9.94. The molecule has 0 aromatic heterocycles. The minimum absolute atomic E-state index is 0.0240. The van der Waals surface area contributed by atoms with Gasteiger partial charge in [-0.1, -0.05) is 29.8 Å². The Balaban J connectivity index is 3.93. The van der Waals surface area contributed by atoms with Crippen molar-refractivity contribution in [3.63, 3.8) is 0 Å². The quantitative estimate of drug-likeness (QED) is 0.693. The van der Waals surface area contributed by atoms with E-state index in [0.717, 1.165) is 24.7 Å². The van der Waals surface area contributed by atoms with Gasteiger partial charge in [-0.2, -0.15) is 0 Å². The number of nitrogens with one attached hydrogen (secondary N) is 1. The molecule has 0 heterocycles. The molecule has 4 heteroatoms. The third-order valence-corrected chi connectivity index (χ3v) is 4.07. The van der Waals surface area contributed by atoms with Gasteiger partial charge in [0.05, 0.1) is 0 Å². The van der Waals surface area contributed by atoms with Gasteiger partial charge >= 0.3 is 0 Å². The average Bonchev–Trinajstić information content (AvgIpc) is 2.29. The summed E-state index contributed by atoms with van der Waals surface area (Å²) in [5, 5.41) is 3.84. The molecule has 0 rings (SSSR count). The van der Waals surface area contributed by atoms with Crippen LogP contribution in [0.15, 0.2) is 0 Å². The van der Waals surface area contributed by atoms with E-state index < -0.39 is 0 Å². The van der Waals surface area contributed by atoms with Gasteiger partial charge in [0.25, 0.3) is 0 Å². The monoisotopic (exact) mass is 279 g/mol. The van der Waals surface area contributed by atoms with E-state index in [-0.39, 0.29) is 17.9 Å². The normalized spacial score (nSPS) is 11.5. The van der Waals surface area contributed by atoms with Gasteiger partial charge < -0.3 is 10.1 Å². The summed E-state index contributed by atoms with van der Waals surface area (Å²) in [4.78, 5) is 11.3. The third kappa shape index (κ3) is 5.52. The second-order valence-corrected chi connectivity index (χ2v) is 4.32. The maximum atomic E-state index is 11.3. The van der Waals surface area contributed by atoms with Gasteiger partial charge in [-0.15, -0.1) is 0 Å². The van der Waals surface area contributed by atoms with Crippen molar-refractivity contribution in [2.45, 2.75) is 33.6 Å². The molecule has 0 aromatic carbocycles. The van der Waals surface area contributed by atoms with Crippen molar-refractivity contribution in [2.24, 2.45) is 5.41 Å². The number of halogens is 1. The van der Waals surface area contributed by atoms with Gasteiger partial charge in [0.15, 0.2) is 0 Å². The van der Waals surface area contributed by atoms with Gasteiger partial charge in [-0.3, -0.25) is 4.79 Å². The van der Waals surface area contributed by atoms with E-state index in [2.05, 4.69) is 35.1 Å². The zero-order valence-corrected chi connectivity index (χ0v) is 11.5. The molecule has 1 N–H and O–H groups in total. The van der Waals surface area contributed by atoms with E-state index in [1.165, 1.54) is 0 Å². The maximum Gasteiger partial charge on any atom is 0.246 e. The van der Waals surface area contributed by atoms with E-state index in [1.807, 2.05) is 6.92 Å². The van der Waals surface area contributed by atoms with Crippen molar-refractivity contribution >= 4 is 21.8 Å². The van der Waals surface area contributed by atoms with Crippen molar-refractivity contribution in [3.8, 4) is 0 Å². The van der Waals surface area contributed by atoms with Crippen LogP contribution < -0.4 is 5.32 Å². The van der Waals surface area contributed by atoms with Crippen molar-refractivity contribution in [1.82, 2.24) is 5.32 Å². The number of carbonyl (C=O) groups excluding carboxylic acids is 1. The molecule has 0 radical (unpaired) electrons. The predicted octanol–water partition coefficient (Wildman–Crippen LogP) is 2.34. The highest BCUT2D eigenvalue weighted by atomic mass is 79.9. The summed E-state index contributed by atoms with van der Waals surface area (Å²) < 4.78 is 5.04. The first-order valence-electron chi connectivity index (χ1n) is 5.54. The Morgan fingerprint density at radius 2 is 1.93 bits per heavy atom. The van der Waals surface area contributed by atoms with Crippen LogP contribution in [0, 0.1) is 5.41 Å². The summed E-state index contributed by atoms with van der Waals surface area (Å²) in [6.45, 7) is 7.66. The second-order valence-electron chi connectivity index (χ2n) is 3.75. The van der Waals surface area contributed by atoms with Crippen LogP contribution in [0.4, 0.5) is 0 Å². The van der Waals surface area contributed by atoms with Crippen LogP contribution in [0.5, 0.6) is 0 Å². The van der Waals surface area contributed by atoms with Crippen LogP contribution in [0.1, 0.15) is 33.6 Å². The van der Waals surface area contributed by atoms with Gasteiger partial charge in [0.2, 0.25) is 5.91 Å². The minimum atomic E-state index is -0.0240. The molecule has 0 aliphatic rings. The van der Waals surface area contributed by atoms with Crippen molar-refractivity contribution in [2.75, 3.05) is 25.1 Å². The summed E-state index contributed by atoms with van der Waals surface area (Å²) in [6, 6.07) is 0. The first kappa shape index (κ1) is 14.9. The number of hydrogen-bond donors (Lipinski definition) is 1. The van der Waals surface area contributed by atoms with E-state index in [4.69, 9.17) is 4.74 Å². The Labute approximate surface area is 101 Å². The minimum Gasteiger partial charge on any atom is -0.372 e. The lowest BCUT2D eigenvalue weighted by molar-refractivity contribution is -0.126. The highest BCUT2D eigenvalue weighted by Gasteiger charge is 2.25. The average molecular weight is 280 g/mol. The highest BCUT2D eigenvalue weighted by Crippen LogP contribution is 2.27.